The average Bonchev–Trinajstić information content (AvgIpc) is 2.84. The van der Waals surface area contributed by atoms with Gasteiger partial charge in [0.05, 0.1) is 0 Å². The Balaban J connectivity index is 1.90. The smallest absolute Gasteiger partial charge is 0.356 e. The zero-order valence-corrected chi connectivity index (χ0v) is 11.1. The third kappa shape index (κ3) is 2.45. The lowest BCUT2D eigenvalue weighted by Crippen LogP contribution is -2.10. The van der Waals surface area contributed by atoms with Crippen LogP contribution in [0.15, 0.2) is 12.1 Å². The van der Waals surface area contributed by atoms with Crippen molar-refractivity contribution in [3.05, 3.63) is 23.5 Å². The fourth-order valence-electron chi connectivity index (χ4n) is 2.91. The van der Waals surface area contributed by atoms with E-state index in [1.807, 2.05) is 0 Å². The largest absolute Gasteiger partial charge is 0.493 e. The highest BCUT2D eigenvalue weighted by molar-refractivity contribution is 5.86. The van der Waals surface area contributed by atoms with Gasteiger partial charge in [-0.3, -0.25) is 0 Å². The Morgan fingerprint density at radius 3 is 2.75 bits per heavy atom. The molecule has 0 saturated heterocycles. The molecule has 1 fully saturated rings. The van der Waals surface area contributed by atoms with Crippen molar-refractivity contribution in [3.8, 4) is 5.88 Å². The molecule has 0 spiro atoms. The number of nitrogens with zero attached hydrogens (tertiary/aromatic N) is 3. The summed E-state index contributed by atoms with van der Waals surface area (Å²) >= 11 is 0. The summed E-state index contributed by atoms with van der Waals surface area (Å²) < 4.78 is 1.16. The van der Waals surface area contributed by atoms with Gasteiger partial charge in [0.25, 0.3) is 0 Å². The van der Waals surface area contributed by atoms with E-state index in [4.69, 9.17) is 5.11 Å². The molecule has 0 unspecified atom stereocenters. The molecule has 1 saturated carbocycles. The van der Waals surface area contributed by atoms with Gasteiger partial charge in [-0.25, -0.2) is 9.78 Å². The molecule has 0 amide bonds. The first-order valence-corrected chi connectivity index (χ1v) is 6.95. The molecule has 3 rings (SSSR count). The topological polar surface area (TPSA) is 87.7 Å². The van der Waals surface area contributed by atoms with Gasteiger partial charge in [0.15, 0.2) is 11.3 Å². The summed E-state index contributed by atoms with van der Waals surface area (Å²) in [5.74, 6) is -0.572. The summed E-state index contributed by atoms with van der Waals surface area (Å²) in [4.78, 5) is 15.3. The maximum Gasteiger partial charge on any atom is 0.356 e. The van der Waals surface area contributed by atoms with Crippen molar-refractivity contribution in [2.45, 2.75) is 38.5 Å². The zero-order chi connectivity index (χ0) is 14.1. The summed E-state index contributed by atoms with van der Waals surface area (Å²) in [5, 5.41) is 22.7. The maximum atomic E-state index is 10.9. The molecule has 0 aromatic carbocycles. The first kappa shape index (κ1) is 12.9. The average molecular weight is 275 g/mol. The Morgan fingerprint density at radius 2 is 2.05 bits per heavy atom. The van der Waals surface area contributed by atoms with E-state index < -0.39 is 5.97 Å². The van der Waals surface area contributed by atoms with Gasteiger partial charge in [0, 0.05) is 17.8 Å². The molecular formula is C14H17N3O3. The second kappa shape index (κ2) is 5.11. The van der Waals surface area contributed by atoms with E-state index in [1.165, 1.54) is 38.2 Å². The van der Waals surface area contributed by atoms with Crippen LogP contribution in [-0.4, -0.2) is 30.8 Å². The predicted octanol–water partition coefficient (Wildman–Crippen LogP) is 2.26. The maximum absolute atomic E-state index is 10.9. The van der Waals surface area contributed by atoms with E-state index in [0.717, 1.165) is 16.6 Å². The van der Waals surface area contributed by atoms with E-state index in [0.29, 0.717) is 11.6 Å². The van der Waals surface area contributed by atoms with Gasteiger partial charge in [0.1, 0.15) is 0 Å². The van der Waals surface area contributed by atoms with Crippen molar-refractivity contribution < 1.29 is 15.0 Å². The Morgan fingerprint density at radius 1 is 1.30 bits per heavy atom. The zero-order valence-electron chi connectivity index (χ0n) is 11.1. The Bertz CT molecular complexity index is 644. The molecule has 1 aliphatic carbocycles. The van der Waals surface area contributed by atoms with Gasteiger partial charge in [-0.1, -0.05) is 32.1 Å². The number of rotatable bonds is 3. The highest BCUT2D eigenvalue weighted by Crippen LogP contribution is 2.27. The highest BCUT2D eigenvalue weighted by Gasteiger charge is 2.17. The van der Waals surface area contributed by atoms with Gasteiger partial charge >= 0.3 is 5.97 Å². The molecule has 2 heterocycles. The van der Waals surface area contributed by atoms with Crippen LogP contribution >= 0.6 is 0 Å². The molecule has 2 N–H and O–H groups in total. The number of aromatic carboxylic acids is 1. The molecule has 0 atom stereocenters. The molecule has 20 heavy (non-hydrogen) atoms. The lowest BCUT2D eigenvalue weighted by atomic mass is 9.86. The van der Waals surface area contributed by atoms with Gasteiger partial charge in [0.2, 0.25) is 5.88 Å². The molecule has 2 aromatic rings. The second-order valence-corrected chi connectivity index (χ2v) is 5.42. The Hall–Kier alpha value is -2.11. The van der Waals surface area contributed by atoms with Crippen LogP contribution in [0.1, 0.15) is 48.3 Å². The number of carboxylic acids is 1. The molecule has 106 valence electrons. The number of fused-ring (bicyclic) bond motifs is 1. The molecule has 6 nitrogen and oxygen atoms in total. The number of carbonyl (C=O) groups is 1. The van der Waals surface area contributed by atoms with Crippen molar-refractivity contribution in [2.75, 3.05) is 0 Å². The molecule has 2 aromatic heterocycles. The van der Waals surface area contributed by atoms with E-state index >= 15 is 0 Å². The number of hydrogen-bond acceptors (Lipinski definition) is 4. The van der Waals surface area contributed by atoms with Crippen LogP contribution in [-0.2, 0) is 6.42 Å². The van der Waals surface area contributed by atoms with Crippen LogP contribution in [0.3, 0.4) is 0 Å². The fraction of sp³-hybridized carbons (Fsp3) is 0.500. The van der Waals surface area contributed by atoms with Crippen LogP contribution in [0, 0.1) is 5.92 Å². The van der Waals surface area contributed by atoms with Crippen molar-refractivity contribution >= 4 is 11.6 Å². The number of aromatic hydroxyl groups is 1. The van der Waals surface area contributed by atoms with Crippen LogP contribution in [0.5, 0.6) is 5.88 Å². The van der Waals surface area contributed by atoms with Crippen molar-refractivity contribution in [2.24, 2.45) is 5.92 Å². The van der Waals surface area contributed by atoms with Gasteiger partial charge in [-0.15, -0.1) is 0 Å². The first-order valence-electron chi connectivity index (χ1n) is 6.95. The predicted molar refractivity (Wildman–Crippen MR) is 71.9 cm³/mol. The number of hydrogen-bond donors (Lipinski definition) is 2. The second-order valence-electron chi connectivity index (χ2n) is 5.42. The standard InChI is InChI=1S/C14H17N3O3/c18-13-7-10(6-9-4-2-1-3-5-9)15-12-8-11(14(19)20)16-17(12)13/h7-9,18H,1-6H2,(H,19,20). The Labute approximate surface area is 116 Å². The van der Waals surface area contributed by atoms with E-state index in [1.54, 1.807) is 6.07 Å². The van der Waals surface area contributed by atoms with Crippen molar-refractivity contribution in [1.29, 1.82) is 0 Å². The van der Waals surface area contributed by atoms with E-state index in [2.05, 4.69) is 10.1 Å². The lowest BCUT2D eigenvalue weighted by molar-refractivity contribution is 0.0690. The Kier molecular flexibility index (Phi) is 3.30. The van der Waals surface area contributed by atoms with Crippen LogP contribution in [0.2, 0.25) is 0 Å². The number of carboxylic acid groups (broad SMARTS) is 1. The SMILES string of the molecule is O=C(O)c1cc2nc(CC3CCCCC3)cc(O)n2n1. The van der Waals surface area contributed by atoms with Gasteiger partial charge < -0.3 is 10.2 Å². The molecule has 0 radical (unpaired) electrons. The summed E-state index contributed by atoms with van der Waals surface area (Å²) in [6.45, 7) is 0. The molecule has 0 aliphatic heterocycles. The van der Waals surface area contributed by atoms with Crippen LogP contribution in [0.25, 0.3) is 5.65 Å². The third-order valence-electron chi connectivity index (χ3n) is 3.90. The van der Waals surface area contributed by atoms with E-state index in [-0.39, 0.29) is 11.6 Å². The lowest BCUT2D eigenvalue weighted by Gasteiger charge is -2.21. The normalized spacial score (nSPS) is 16.6. The quantitative estimate of drug-likeness (QED) is 0.897. The first-order chi connectivity index (χ1) is 9.63. The molecule has 1 aliphatic rings. The monoisotopic (exact) mass is 275 g/mol. The summed E-state index contributed by atoms with van der Waals surface area (Å²) in [6.07, 6.45) is 7.06. The van der Waals surface area contributed by atoms with Crippen molar-refractivity contribution in [1.82, 2.24) is 14.6 Å². The van der Waals surface area contributed by atoms with Crippen molar-refractivity contribution in [3.63, 3.8) is 0 Å². The molecule has 0 bridgehead atoms. The summed E-state index contributed by atoms with van der Waals surface area (Å²) in [7, 11) is 0. The van der Waals surface area contributed by atoms with Gasteiger partial charge in [-0.05, 0) is 12.3 Å². The minimum atomic E-state index is -1.12. The molecule has 6 heteroatoms. The number of aromatic nitrogens is 3. The van der Waals surface area contributed by atoms with E-state index in [9.17, 15) is 9.90 Å². The molecular weight excluding hydrogens is 258 g/mol. The van der Waals surface area contributed by atoms with Gasteiger partial charge in [-0.2, -0.15) is 9.61 Å². The fourth-order valence-corrected chi connectivity index (χ4v) is 2.91. The minimum absolute atomic E-state index is 0.0618. The summed E-state index contributed by atoms with van der Waals surface area (Å²) in [6, 6.07) is 2.96. The summed E-state index contributed by atoms with van der Waals surface area (Å²) in [5.41, 5.74) is 1.08. The van der Waals surface area contributed by atoms with Crippen LogP contribution < -0.4 is 0 Å². The third-order valence-corrected chi connectivity index (χ3v) is 3.90. The minimum Gasteiger partial charge on any atom is -0.493 e. The highest BCUT2D eigenvalue weighted by atomic mass is 16.4. The van der Waals surface area contributed by atoms with Crippen LogP contribution in [0.4, 0.5) is 0 Å².